The van der Waals surface area contributed by atoms with Gasteiger partial charge in [0.1, 0.15) is 11.4 Å². The number of hydrogen-bond donors (Lipinski definition) is 1. The molecule has 0 aliphatic carbocycles. The van der Waals surface area contributed by atoms with Crippen molar-refractivity contribution in [1.29, 1.82) is 0 Å². The van der Waals surface area contributed by atoms with E-state index in [-0.39, 0.29) is 30.9 Å². The third-order valence-electron chi connectivity index (χ3n) is 10.1. The maximum absolute atomic E-state index is 13.8. The van der Waals surface area contributed by atoms with E-state index in [1.807, 2.05) is 78.9 Å². The fourth-order valence-electron chi connectivity index (χ4n) is 7.36. The van der Waals surface area contributed by atoms with Crippen LogP contribution < -0.4 is 10.1 Å². The number of esters is 2. The van der Waals surface area contributed by atoms with E-state index in [0.29, 0.717) is 12.1 Å². The number of fused-ring (bicyclic) bond motifs is 1. The fraction of sp³-hybridized carbons (Fsp3) is 0.283. The Morgan fingerprint density at radius 3 is 2.00 bits per heavy atom. The monoisotopic (exact) mass is 740 g/mol. The SMILES string of the molecule is CCOC(=O)/C(=C/CC(OC)[C@@H]1CN1C(c1ccccc1)(c1ccccc1)c1ccc(OC)cc1)NC(=O)C(OC(=O)c1cccc2ccccc12)C(C)C. The number of carbonyl (C=O) groups excluding carboxylic acids is 3. The van der Waals surface area contributed by atoms with Gasteiger partial charge in [-0.15, -0.1) is 0 Å². The van der Waals surface area contributed by atoms with Crippen LogP contribution in [0.2, 0.25) is 0 Å². The molecule has 0 spiro atoms. The molecular formula is C46H48N2O7. The molecule has 5 aromatic carbocycles. The van der Waals surface area contributed by atoms with Crippen LogP contribution >= 0.6 is 0 Å². The molecule has 1 amide bonds. The summed E-state index contributed by atoms with van der Waals surface area (Å²) in [6.07, 6.45) is 0.390. The van der Waals surface area contributed by atoms with Gasteiger partial charge in [-0.2, -0.15) is 0 Å². The van der Waals surface area contributed by atoms with Crippen LogP contribution in [0.5, 0.6) is 5.75 Å². The van der Waals surface area contributed by atoms with Crippen molar-refractivity contribution < 1.29 is 33.3 Å². The molecule has 1 fully saturated rings. The average molecular weight is 741 g/mol. The van der Waals surface area contributed by atoms with Gasteiger partial charge in [0.15, 0.2) is 6.10 Å². The van der Waals surface area contributed by atoms with Crippen molar-refractivity contribution in [2.24, 2.45) is 5.92 Å². The van der Waals surface area contributed by atoms with Gasteiger partial charge in [-0.3, -0.25) is 9.69 Å². The predicted octanol–water partition coefficient (Wildman–Crippen LogP) is 7.67. The summed E-state index contributed by atoms with van der Waals surface area (Å²) in [7, 11) is 3.31. The third kappa shape index (κ3) is 8.33. The van der Waals surface area contributed by atoms with Crippen LogP contribution in [0.4, 0.5) is 0 Å². The van der Waals surface area contributed by atoms with Crippen molar-refractivity contribution >= 4 is 28.6 Å². The molecule has 9 nitrogen and oxygen atoms in total. The number of amides is 1. The summed E-state index contributed by atoms with van der Waals surface area (Å²) in [4.78, 5) is 43.0. The standard InChI is InChI=1S/C46H48N2O7/c1-6-54-45(51)39(47-43(49)42(31(2)3)55-44(50)38-23-15-17-32-16-13-14-22-37(32)38)28-29-41(53-5)40-30-48(40)46(33-18-9-7-10-19-33,34-20-11-8-12-21-34)35-24-26-36(52-4)27-25-35/h7-28,31,40-42H,6,29-30H2,1-5H3,(H,47,49)/b39-28-/t40-,41?,42?,48?/m0/s1. The zero-order chi connectivity index (χ0) is 39.0. The molecule has 1 saturated heterocycles. The number of nitrogens with zero attached hydrogens (tertiary/aromatic N) is 1. The molecule has 6 rings (SSSR count). The largest absolute Gasteiger partial charge is 0.497 e. The zero-order valence-corrected chi connectivity index (χ0v) is 31.9. The predicted molar refractivity (Wildman–Crippen MR) is 213 cm³/mol. The number of hydrogen-bond acceptors (Lipinski definition) is 8. The molecule has 5 aromatic rings. The quantitative estimate of drug-likeness (QED) is 0.0476. The number of ether oxygens (including phenoxy) is 4. The summed E-state index contributed by atoms with van der Waals surface area (Å²) < 4.78 is 22.8. The van der Waals surface area contributed by atoms with Crippen LogP contribution in [0.3, 0.4) is 0 Å². The first-order valence-electron chi connectivity index (χ1n) is 18.6. The molecule has 3 unspecified atom stereocenters. The van der Waals surface area contributed by atoms with Gasteiger partial charge in [0.25, 0.3) is 5.91 Å². The van der Waals surface area contributed by atoms with Crippen molar-refractivity contribution in [1.82, 2.24) is 10.2 Å². The van der Waals surface area contributed by atoms with E-state index >= 15 is 0 Å². The highest BCUT2D eigenvalue weighted by atomic mass is 16.6. The van der Waals surface area contributed by atoms with E-state index in [9.17, 15) is 14.4 Å². The van der Waals surface area contributed by atoms with Gasteiger partial charge in [-0.1, -0.05) is 129 Å². The van der Waals surface area contributed by atoms with Crippen molar-refractivity contribution in [3.63, 3.8) is 0 Å². The van der Waals surface area contributed by atoms with E-state index in [2.05, 4.69) is 46.6 Å². The van der Waals surface area contributed by atoms with E-state index < -0.39 is 35.4 Å². The number of methoxy groups -OCH3 is 2. The number of rotatable bonds is 16. The number of nitrogens with one attached hydrogen (secondary N) is 1. The van der Waals surface area contributed by atoms with Crippen LogP contribution in [-0.2, 0) is 29.3 Å². The van der Waals surface area contributed by atoms with Gasteiger partial charge in [0.2, 0.25) is 0 Å². The van der Waals surface area contributed by atoms with Gasteiger partial charge in [-0.05, 0) is 64.9 Å². The molecular weight excluding hydrogens is 693 g/mol. The second-order valence-corrected chi connectivity index (χ2v) is 13.8. The Morgan fingerprint density at radius 1 is 0.800 bits per heavy atom. The van der Waals surface area contributed by atoms with E-state index in [1.165, 1.54) is 0 Å². The molecule has 0 aromatic heterocycles. The van der Waals surface area contributed by atoms with Crippen LogP contribution in [0, 0.1) is 5.92 Å². The topological polar surface area (TPSA) is 103 Å². The second kappa shape index (κ2) is 17.6. The first kappa shape index (κ1) is 38.9. The minimum atomic E-state index is -1.18. The first-order chi connectivity index (χ1) is 26.7. The molecule has 55 heavy (non-hydrogen) atoms. The van der Waals surface area contributed by atoms with E-state index in [0.717, 1.165) is 33.2 Å². The van der Waals surface area contributed by atoms with Crippen LogP contribution in [0.25, 0.3) is 10.8 Å². The summed E-state index contributed by atoms with van der Waals surface area (Å²) in [5, 5.41) is 4.34. The molecule has 0 bridgehead atoms. The Balaban J connectivity index is 1.27. The molecule has 9 heteroatoms. The Labute approximate surface area is 322 Å². The van der Waals surface area contributed by atoms with Gasteiger partial charge < -0.3 is 24.3 Å². The molecule has 1 aliphatic heterocycles. The van der Waals surface area contributed by atoms with Crippen molar-refractivity contribution in [2.75, 3.05) is 27.4 Å². The van der Waals surface area contributed by atoms with Gasteiger partial charge >= 0.3 is 11.9 Å². The lowest BCUT2D eigenvalue weighted by Crippen LogP contribution is -2.42. The Hall–Kier alpha value is -5.77. The van der Waals surface area contributed by atoms with Crippen LogP contribution in [-0.4, -0.2) is 68.4 Å². The molecule has 1 aliphatic rings. The summed E-state index contributed by atoms with van der Waals surface area (Å²) in [6, 6.07) is 41.7. The summed E-state index contributed by atoms with van der Waals surface area (Å²) in [5.74, 6) is -1.58. The summed E-state index contributed by atoms with van der Waals surface area (Å²) in [6.45, 7) is 6.07. The van der Waals surface area contributed by atoms with Crippen molar-refractivity contribution in [2.45, 2.75) is 51.0 Å². The Bertz CT molecular complexity index is 2070. The maximum Gasteiger partial charge on any atom is 0.354 e. The van der Waals surface area contributed by atoms with E-state index in [4.69, 9.17) is 18.9 Å². The molecule has 1 heterocycles. The highest BCUT2D eigenvalue weighted by Gasteiger charge is 2.55. The minimum Gasteiger partial charge on any atom is -0.497 e. The lowest BCUT2D eigenvalue weighted by molar-refractivity contribution is -0.141. The number of carbonyl (C=O) groups is 3. The smallest absolute Gasteiger partial charge is 0.354 e. The Kier molecular flexibility index (Phi) is 12.4. The maximum atomic E-state index is 13.8. The van der Waals surface area contributed by atoms with Gasteiger partial charge in [-0.25, -0.2) is 9.59 Å². The summed E-state index contributed by atoms with van der Waals surface area (Å²) in [5.41, 5.74) is 2.90. The normalized spacial score (nSPS) is 16.6. The van der Waals surface area contributed by atoms with Gasteiger partial charge in [0, 0.05) is 13.7 Å². The molecule has 1 N–H and O–H groups in total. The van der Waals surface area contributed by atoms with Crippen LogP contribution in [0.1, 0.15) is 54.2 Å². The highest BCUT2D eigenvalue weighted by Crippen LogP contribution is 2.49. The molecule has 0 saturated carbocycles. The first-order valence-corrected chi connectivity index (χ1v) is 18.6. The van der Waals surface area contributed by atoms with Crippen molar-refractivity contribution in [3.05, 3.63) is 161 Å². The lowest BCUT2D eigenvalue weighted by Gasteiger charge is -2.39. The zero-order valence-electron chi connectivity index (χ0n) is 31.9. The highest BCUT2D eigenvalue weighted by molar-refractivity contribution is 6.05. The lowest BCUT2D eigenvalue weighted by atomic mass is 9.76. The molecule has 284 valence electrons. The molecule has 0 radical (unpaired) electrons. The summed E-state index contributed by atoms with van der Waals surface area (Å²) >= 11 is 0. The molecule has 4 atom stereocenters. The fourth-order valence-corrected chi connectivity index (χ4v) is 7.36. The number of benzene rings is 5. The third-order valence-corrected chi connectivity index (χ3v) is 10.1. The Morgan fingerprint density at radius 2 is 1.40 bits per heavy atom. The minimum absolute atomic E-state index is 0.0412. The second-order valence-electron chi connectivity index (χ2n) is 13.8. The van der Waals surface area contributed by atoms with E-state index in [1.54, 1.807) is 53.2 Å². The van der Waals surface area contributed by atoms with Gasteiger partial charge in [0.05, 0.1) is 37.0 Å². The van der Waals surface area contributed by atoms with Crippen molar-refractivity contribution in [3.8, 4) is 5.75 Å². The average Bonchev–Trinajstić information content (AvgIpc) is 4.01. The van der Waals surface area contributed by atoms with Crippen LogP contribution in [0.15, 0.2) is 139 Å².